The quantitative estimate of drug-likeness (QED) is 0.820. The molecule has 0 spiro atoms. The van der Waals surface area contributed by atoms with E-state index in [9.17, 15) is 4.79 Å². The van der Waals surface area contributed by atoms with E-state index in [0.29, 0.717) is 6.61 Å². The molecule has 2 aromatic rings. The van der Waals surface area contributed by atoms with Crippen molar-refractivity contribution >= 4 is 11.6 Å². The van der Waals surface area contributed by atoms with Crippen LogP contribution in [-0.2, 0) is 22.7 Å². The van der Waals surface area contributed by atoms with Crippen LogP contribution in [0.4, 0.5) is 5.69 Å². The maximum Gasteiger partial charge on any atom is 0.221 e. The summed E-state index contributed by atoms with van der Waals surface area (Å²) in [5, 5.41) is 6.33. The summed E-state index contributed by atoms with van der Waals surface area (Å²) in [6, 6.07) is 16.5. The van der Waals surface area contributed by atoms with Gasteiger partial charge in [-0.2, -0.15) is 0 Å². The minimum Gasteiger partial charge on any atom is -0.380 e. The van der Waals surface area contributed by atoms with Crippen molar-refractivity contribution in [3.63, 3.8) is 0 Å². The summed E-state index contributed by atoms with van der Waals surface area (Å²) in [4.78, 5) is 11.2. The Bertz CT molecular complexity index is 655. The van der Waals surface area contributed by atoms with Crippen molar-refractivity contribution in [2.24, 2.45) is 0 Å². The van der Waals surface area contributed by atoms with E-state index in [1.165, 1.54) is 18.1 Å². The van der Waals surface area contributed by atoms with Crippen LogP contribution in [0.1, 0.15) is 36.6 Å². The number of ether oxygens (including phenoxy) is 1. The van der Waals surface area contributed by atoms with E-state index >= 15 is 0 Å². The maximum atomic E-state index is 11.2. The number of carbonyl (C=O) groups excluding carboxylic acids is 1. The zero-order valence-electron chi connectivity index (χ0n) is 13.9. The summed E-state index contributed by atoms with van der Waals surface area (Å²) in [7, 11) is 1.70. The van der Waals surface area contributed by atoms with Crippen LogP contribution in [0, 0.1) is 0 Å². The second-order valence-electron chi connectivity index (χ2n) is 5.66. The molecule has 0 aliphatic heterocycles. The number of benzene rings is 2. The van der Waals surface area contributed by atoms with E-state index in [1.807, 2.05) is 24.3 Å². The van der Waals surface area contributed by atoms with Crippen LogP contribution in [0.2, 0.25) is 0 Å². The summed E-state index contributed by atoms with van der Waals surface area (Å²) in [5.74, 6) is -0.0577. The van der Waals surface area contributed by atoms with E-state index in [2.05, 4.69) is 41.8 Å². The largest absolute Gasteiger partial charge is 0.380 e. The highest BCUT2D eigenvalue weighted by Crippen LogP contribution is 2.18. The van der Waals surface area contributed by atoms with E-state index < -0.39 is 0 Å². The van der Waals surface area contributed by atoms with Crippen molar-refractivity contribution in [3.8, 4) is 0 Å². The Balaban J connectivity index is 1.97. The van der Waals surface area contributed by atoms with Crippen molar-refractivity contribution in [3.05, 3.63) is 65.2 Å². The molecular weight excluding hydrogens is 288 g/mol. The number of anilines is 1. The molecule has 0 heterocycles. The molecule has 1 atom stereocenters. The molecule has 122 valence electrons. The highest BCUT2D eigenvalue weighted by atomic mass is 16.5. The van der Waals surface area contributed by atoms with Gasteiger partial charge in [-0.1, -0.05) is 36.4 Å². The fourth-order valence-electron chi connectivity index (χ4n) is 2.47. The Hall–Kier alpha value is -2.17. The van der Waals surface area contributed by atoms with Crippen molar-refractivity contribution in [2.45, 2.75) is 33.0 Å². The van der Waals surface area contributed by atoms with Gasteiger partial charge in [0.15, 0.2) is 0 Å². The number of carbonyl (C=O) groups is 1. The first-order chi connectivity index (χ1) is 11.1. The SMILES string of the molecule is COCc1cccc(CNC(C)c2cccc(NC(C)=O)c2)c1. The third-order valence-electron chi connectivity index (χ3n) is 3.62. The summed E-state index contributed by atoms with van der Waals surface area (Å²) in [6.07, 6.45) is 0. The number of hydrogen-bond acceptors (Lipinski definition) is 3. The molecule has 0 aromatic heterocycles. The summed E-state index contributed by atoms with van der Waals surface area (Å²) >= 11 is 0. The molecule has 0 aliphatic carbocycles. The second kappa shape index (κ2) is 8.46. The molecule has 0 saturated heterocycles. The van der Waals surface area contributed by atoms with E-state index in [0.717, 1.165) is 17.8 Å². The molecule has 0 radical (unpaired) electrons. The molecule has 0 saturated carbocycles. The Morgan fingerprint density at radius 2 is 1.87 bits per heavy atom. The lowest BCUT2D eigenvalue weighted by atomic mass is 10.1. The molecular formula is C19H24N2O2. The van der Waals surface area contributed by atoms with Gasteiger partial charge in [0.25, 0.3) is 0 Å². The van der Waals surface area contributed by atoms with Crippen LogP contribution in [0.15, 0.2) is 48.5 Å². The molecule has 2 aromatic carbocycles. The monoisotopic (exact) mass is 312 g/mol. The third kappa shape index (κ3) is 5.51. The molecule has 0 bridgehead atoms. The average Bonchev–Trinajstić information content (AvgIpc) is 2.53. The number of amides is 1. The molecule has 23 heavy (non-hydrogen) atoms. The van der Waals surface area contributed by atoms with E-state index in [1.54, 1.807) is 7.11 Å². The van der Waals surface area contributed by atoms with Gasteiger partial charge in [-0.05, 0) is 35.7 Å². The van der Waals surface area contributed by atoms with Gasteiger partial charge in [-0.3, -0.25) is 4.79 Å². The Labute approximate surface area is 137 Å². The van der Waals surface area contributed by atoms with Gasteiger partial charge in [-0.15, -0.1) is 0 Å². The smallest absolute Gasteiger partial charge is 0.221 e. The standard InChI is InChI=1S/C19H24N2O2/c1-14(18-8-5-9-19(11-18)21-15(2)22)20-12-16-6-4-7-17(10-16)13-23-3/h4-11,14,20H,12-13H2,1-3H3,(H,21,22). The summed E-state index contributed by atoms with van der Waals surface area (Å²) < 4.78 is 5.17. The normalized spacial score (nSPS) is 12.0. The van der Waals surface area contributed by atoms with Gasteiger partial charge >= 0.3 is 0 Å². The molecule has 0 aliphatic rings. The van der Waals surface area contributed by atoms with Gasteiger partial charge in [0.2, 0.25) is 5.91 Å². The zero-order chi connectivity index (χ0) is 16.7. The Morgan fingerprint density at radius 1 is 1.13 bits per heavy atom. The van der Waals surface area contributed by atoms with Crippen LogP contribution < -0.4 is 10.6 Å². The number of rotatable bonds is 7. The predicted molar refractivity (Wildman–Crippen MR) is 93.2 cm³/mol. The molecule has 2 rings (SSSR count). The van der Waals surface area contributed by atoms with Gasteiger partial charge in [0.05, 0.1) is 6.61 Å². The maximum absolute atomic E-state index is 11.2. The van der Waals surface area contributed by atoms with Crippen molar-refractivity contribution in [1.82, 2.24) is 5.32 Å². The second-order valence-corrected chi connectivity index (χ2v) is 5.66. The highest BCUT2D eigenvalue weighted by molar-refractivity contribution is 5.88. The first kappa shape index (κ1) is 17.2. The summed E-state index contributed by atoms with van der Waals surface area (Å²) in [6.45, 7) is 5.04. The van der Waals surface area contributed by atoms with Crippen molar-refractivity contribution in [2.75, 3.05) is 12.4 Å². The van der Waals surface area contributed by atoms with Gasteiger partial charge < -0.3 is 15.4 Å². The fraction of sp³-hybridized carbons (Fsp3) is 0.316. The number of methoxy groups -OCH3 is 1. The first-order valence-corrected chi connectivity index (χ1v) is 7.76. The van der Waals surface area contributed by atoms with Crippen LogP contribution in [-0.4, -0.2) is 13.0 Å². The topological polar surface area (TPSA) is 50.4 Å². The van der Waals surface area contributed by atoms with Crippen LogP contribution >= 0.6 is 0 Å². The van der Waals surface area contributed by atoms with Gasteiger partial charge in [-0.25, -0.2) is 0 Å². The minimum absolute atomic E-state index is 0.0577. The lowest BCUT2D eigenvalue weighted by Gasteiger charge is -2.16. The molecule has 1 unspecified atom stereocenters. The van der Waals surface area contributed by atoms with Crippen molar-refractivity contribution < 1.29 is 9.53 Å². The highest BCUT2D eigenvalue weighted by Gasteiger charge is 2.06. The van der Waals surface area contributed by atoms with Crippen LogP contribution in [0.3, 0.4) is 0 Å². The Kier molecular flexibility index (Phi) is 6.32. The lowest BCUT2D eigenvalue weighted by Crippen LogP contribution is -2.18. The summed E-state index contributed by atoms with van der Waals surface area (Å²) in [5.41, 5.74) is 4.37. The average molecular weight is 312 g/mol. The molecule has 0 fully saturated rings. The minimum atomic E-state index is -0.0577. The Morgan fingerprint density at radius 3 is 2.61 bits per heavy atom. The van der Waals surface area contributed by atoms with Gasteiger partial charge in [0.1, 0.15) is 0 Å². The van der Waals surface area contributed by atoms with E-state index in [-0.39, 0.29) is 11.9 Å². The van der Waals surface area contributed by atoms with E-state index in [4.69, 9.17) is 4.74 Å². The third-order valence-corrected chi connectivity index (χ3v) is 3.62. The lowest BCUT2D eigenvalue weighted by molar-refractivity contribution is -0.114. The molecule has 4 heteroatoms. The predicted octanol–water partition coefficient (Wildman–Crippen LogP) is 3.64. The van der Waals surface area contributed by atoms with Gasteiger partial charge in [0, 0.05) is 32.3 Å². The van der Waals surface area contributed by atoms with Crippen LogP contribution in [0.25, 0.3) is 0 Å². The fourth-order valence-corrected chi connectivity index (χ4v) is 2.47. The number of nitrogens with one attached hydrogen (secondary N) is 2. The molecule has 1 amide bonds. The molecule has 2 N–H and O–H groups in total. The first-order valence-electron chi connectivity index (χ1n) is 7.76. The number of hydrogen-bond donors (Lipinski definition) is 2. The zero-order valence-corrected chi connectivity index (χ0v) is 13.9. The van der Waals surface area contributed by atoms with Crippen molar-refractivity contribution in [1.29, 1.82) is 0 Å². The molecule has 4 nitrogen and oxygen atoms in total. The van der Waals surface area contributed by atoms with Crippen LogP contribution in [0.5, 0.6) is 0 Å².